The molecule has 0 aromatic rings. The number of rotatable bonds is 6. The van der Waals surface area contributed by atoms with Crippen molar-refractivity contribution in [1.82, 2.24) is 4.90 Å². The molecule has 1 saturated heterocycles. The fourth-order valence-electron chi connectivity index (χ4n) is 2.54. The Morgan fingerprint density at radius 2 is 2.05 bits per heavy atom. The molecule has 1 aliphatic rings. The van der Waals surface area contributed by atoms with E-state index in [1.54, 1.807) is 0 Å². The van der Waals surface area contributed by atoms with E-state index in [-0.39, 0.29) is 5.75 Å². The van der Waals surface area contributed by atoms with E-state index in [9.17, 15) is 18.3 Å². The van der Waals surface area contributed by atoms with Crippen molar-refractivity contribution in [3.05, 3.63) is 11.6 Å². The molecule has 6 heteroatoms. The Morgan fingerprint density at radius 1 is 1.40 bits per heavy atom. The van der Waals surface area contributed by atoms with Gasteiger partial charge in [0, 0.05) is 19.3 Å². The van der Waals surface area contributed by atoms with Crippen LogP contribution >= 0.6 is 0 Å². The van der Waals surface area contributed by atoms with Gasteiger partial charge in [0.25, 0.3) is 0 Å². The number of sulfone groups is 1. The third kappa shape index (κ3) is 5.25. The first-order valence-corrected chi connectivity index (χ1v) is 8.97. The Balaban J connectivity index is 2.76. The summed E-state index contributed by atoms with van der Waals surface area (Å²) in [6, 6.07) is 0. The molecule has 0 unspecified atom stereocenters. The molecule has 1 heterocycles. The minimum absolute atomic E-state index is 0.0886. The Labute approximate surface area is 121 Å². The van der Waals surface area contributed by atoms with Gasteiger partial charge in [0.2, 0.25) is 0 Å². The van der Waals surface area contributed by atoms with Crippen LogP contribution in [-0.2, 0) is 14.6 Å². The van der Waals surface area contributed by atoms with Crippen LogP contribution < -0.4 is 0 Å². The number of piperidine rings is 1. The molecule has 0 aliphatic carbocycles. The maximum Gasteiger partial charge on any atom is 0.311 e. The first-order valence-electron chi connectivity index (χ1n) is 6.91. The van der Waals surface area contributed by atoms with Crippen molar-refractivity contribution in [3.63, 3.8) is 0 Å². The number of hydrogen-bond donors (Lipinski definition) is 1. The van der Waals surface area contributed by atoms with Crippen molar-refractivity contribution in [2.45, 2.75) is 33.1 Å². The van der Waals surface area contributed by atoms with Gasteiger partial charge in [-0.2, -0.15) is 0 Å². The molecule has 1 fully saturated rings. The van der Waals surface area contributed by atoms with E-state index in [1.807, 2.05) is 24.8 Å². The molecule has 116 valence electrons. The lowest BCUT2D eigenvalue weighted by Gasteiger charge is -2.39. The van der Waals surface area contributed by atoms with E-state index in [1.165, 1.54) is 6.26 Å². The third-order valence-corrected chi connectivity index (χ3v) is 4.71. The van der Waals surface area contributed by atoms with Crippen molar-refractivity contribution in [1.29, 1.82) is 0 Å². The zero-order valence-corrected chi connectivity index (χ0v) is 13.4. The number of aliphatic carboxylic acids is 1. The summed E-state index contributed by atoms with van der Waals surface area (Å²) >= 11 is 0. The standard InChI is InChI=1S/C14H25NO4S/c1-12(2)5-7-14(13(16)17)6-4-8-15(11-14)9-10-20(3,18)19/h5H,4,6-11H2,1-3H3,(H,16,17)/t14-/m1/s1. The Bertz CT molecular complexity index is 479. The molecule has 1 rings (SSSR count). The molecule has 1 aliphatic heterocycles. The highest BCUT2D eigenvalue weighted by Gasteiger charge is 2.41. The highest BCUT2D eigenvalue weighted by Crippen LogP contribution is 2.34. The predicted molar refractivity (Wildman–Crippen MR) is 79.5 cm³/mol. The van der Waals surface area contributed by atoms with Crippen LogP contribution in [0.4, 0.5) is 0 Å². The Hall–Kier alpha value is -0.880. The molecule has 0 bridgehead atoms. The molecular formula is C14H25NO4S. The fourth-order valence-corrected chi connectivity index (χ4v) is 3.13. The number of carboxylic acids is 1. The zero-order chi connectivity index (χ0) is 15.4. The number of likely N-dealkylation sites (tertiary alicyclic amines) is 1. The molecule has 0 aromatic carbocycles. The zero-order valence-electron chi connectivity index (χ0n) is 12.6. The molecule has 20 heavy (non-hydrogen) atoms. The normalized spacial score (nSPS) is 24.4. The second kappa shape index (κ2) is 6.72. The summed E-state index contributed by atoms with van der Waals surface area (Å²) in [5, 5.41) is 9.57. The molecule has 0 spiro atoms. The number of allylic oxidation sites excluding steroid dienone is 2. The lowest BCUT2D eigenvalue weighted by molar-refractivity contribution is -0.152. The third-order valence-electron chi connectivity index (χ3n) is 3.79. The van der Waals surface area contributed by atoms with Gasteiger partial charge in [0.1, 0.15) is 9.84 Å². The second-order valence-corrected chi connectivity index (χ2v) is 8.34. The van der Waals surface area contributed by atoms with Crippen molar-refractivity contribution in [3.8, 4) is 0 Å². The maximum absolute atomic E-state index is 11.7. The monoisotopic (exact) mass is 303 g/mol. The molecule has 0 aromatic heterocycles. The Morgan fingerprint density at radius 3 is 2.55 bits per heavy atom. The van der Waals surface area contributed by atoms with E-state index in [0.29, 0.717) is 25.9 Å². The summed E-state index contributed by atoms with van der Waals surface area (Å²) in [5.74, 6) is -0.690. The van der Waals surface area contributed by atoms with Crippen LogP contribution in [0.3, 0.4) is 0 Å². The van der Waals surface area contributed by atoms with Crippen molar-refractivity contribution in [2.24, 2.45) is 5.41 Å². The minimum Gasteiger partial charge on any atom is -0.481 e. The largest absolute Gasteiger partial charge is 0.481 e. The van der Waals surface area contributed by atoms with Crippen LogP contribution in [-0.4, -0.2) is 56.0 Å². The van der Waals surface area contributed by atoms with Crippen molar-refractivity contribution in [2.75, 3.05) is 31.6 Å². The number of hydrogen-bond acceptors (Lipinski definition) is 4. The maximum atomic E-state index is 11.7. The molecular weight excluding hydrogens is 278 g/mol. The summed E-state index contributed by atoms with van der Waals surface area (Å²) in [7, 11) is -3.01. The van der Waals surface area contributed by atoms with Crippen LogP contribution in [0.15, 0.2) is 11.6 Å². The summed E-state index contributed by atoms with van der Waals surface area (Å²) < 4.78 is 22.5. The van der Waals surface area contributed by atoms with Crippen LogP contribution in [0.25, 0.3) is 0 Å². The minimum atomic E-state index is -3.01. The van der Waals surface area contributed by atoms with E-state index in [2.05, 4.69) is 0 Å². The summed E-state index contributed by atoms with van der Waals surface area (Å²) in [5.41, 5.74) is 0.339. The van der Waals surface area contributed by atoms with Gasteiger partial charge >= 0.3 is 5.97 Å². The lowest BCUT2D eigenvalue weighted by atomic mass is 9.76. The SMILES string of the molecule is CC(C)=CC[C@]1(C(=O)O)CCCN(CCS(C)(=O)=O)C1. The molecule has 0 radical (unpaired) electrons. The van der Waals surface area contributed by atoms with Crippen molar-refractivity contribution < 1.29 is 18.3 Å². The first-order chi connectivity index (χ1) is 9.15. The van der Waals surface area contributed by atoms with E-state index in [4.69, 9.17) is 0 Å². The first kappa shape index (κ1) is 17.2. The highest BCUT2D eigenvalue weighted by atomic mass is 32.2. The Kier molecular flexibility index (Phi) is 5.77. The molecule has 1 atom stereocenters. The molecule has 1 N–H and O–H groups in total. The molecule has 0 amide bonds. The number of nitrogens with zero attached hydrogens (tertiary/aromatic N) is 1. The van der Waals surface area contributed by atoms with Crippen LogP contribution in [0.2, 0.25) is 0 Å². The highest BCUT2D eigenvalue weighted by molar-refractivity contribution is 7.90. The number of carbonyl (C=O) groups is 1. The van der Waals surface area contributed by atoms with Gasteiger partial charge < -0.3 is 10.0 Å². The van der Waals surface area contributed by atoms with Gasteiger partial charge in [0.15, 0.2) is 0 Å². The van der Waals surface area contributed by atoms with Crippen molar-refractivity contribution >= 4 is 15.8 Å². The van der Waals surface area contributed by atoms with Gasteiger partial charge in [-0.15, -0.1) is 0 Å². The van der Waals surface area contributed by atoms with Gasteiger partial charge in [-0.3, -0.25) is 4.79 Å². The quantitative estimate of drug-likeness (QED) is 0.754. The van der Waals surface area contributed by atoms with Gasteiger partial charge in [-0.1, -0.05) is 11.6 Å². The number of carboxylic acid groups (broad SMARTS) is 1. The average molecular weight is 303 g/mol. The van der Waals surface area contributed by atoms with Gasteiger partial charge in [-0.25, -0.2) is 8.42 Å². The van der Waals surface area contributed by atoms with Crippen LogP contribution in [0.5, 0.6) is 0 Å². The summed E-state index contributed by atoms with van der Waals surface area (Å²) in [4.78, 5) is 13.6. The summed E-state index contributed by atoms with van der Waals surface area (Å²) in [6.45, 7) is 5.54. The van der Waals surface area contributed by atoms with Gasteiger partial charge in [-0.05, 0) is 39.7 Å². The van der Waals surface area contributed by atoms with E-state index < -0.39 is 21.2 Å². The predicted octanol–water partition coefficient (Wildman–Crippen LogP) is 1.55. The van der Waals surface area contributed by atoms with E-state index >= 15 is 0 Å². The summed E-state index contributed by atoms with van der Waals surface area (Å²) in [6.07, 6.45) is 5.15. The lowest BCUT2D eigenvalue weighted by Crippen LogP contribution is -2.48. The topological polar surface area (TPSA) is 74.7 Å². The molecule has 0 saturated carbocycles. The average Bonchev–Trinajstić information content (AvgIpc) is 2.33. The van der Waals surface area contributed by atoms with E-state index in [0.717, 1.165) is 18.5 Å². The smallest absolute Gasteiger partial charge is 0.311 e. The van der Waals surface area contributed by atoms with Crippen LogP contribution in [0, 0.1) is 5.41 Å². The second-order valence-electron chi connectivity index (χ2n) is 6.08. The molecule has 5 nitrogen and oxygen atoms in total. The fraction of sp³-hybridized carbons (Fsp3) is 0.786. The van der Waals surface area contributed by atoms with Gasteiger partial charge in [0.05, 0.1) is 11.2 Å². The van der Waals surface area contributed by atoms with Crippen LogP contribution in [0.1, 0.15) is 33.1 Å².